The number of rotatable bonds is 3. The highest BCUT2D eigenvalue weighted by atomic mass is 15.4. The first-order chi connectivity index (χ1) is 4.43. The molecule has 3 heteroatoms. The van der Waals surface area contributed by atoms with Crippen molar-refractivity contribution in [2.24, 2.45) is 0 Å². The molecule has 0 aliphatic heterocycles. The fourth-order valence-corrected chi connectivity index (χ4v) is 0.549. The van der Waals surface area contributed by atoms with E-state index < -0.39 is 0 Å². The van der Waals surface area contributed by atoms with Crippen molar-refractivity contribution < 1.29 is 0 Å². The molecule has 0 aliphatic carbocycles. The number of hydrogen-bond acceptors (Lipinski definition) is 2. The van der Waals surface area contributed by atoms with E-state index in [4.69, 9.17) is 0 Å². The molecule has 9 heavy (non-hydrogen) atoms. The molecular formula is C6H10N3. The van der Waals surface area contributed by atoms with Crippen LogP contribution in [0.2, 0.25) is 0 Å². The lowest BCUT2D eigenvalue weighted by Crippen LogP contribution is -2.12. The lowest BCUT2D eigenvalue weighted by atomic mass is 10.5. The van der Waals surface area contributed by atoms with Crippen LogP contribution in [0.1, 0.15) is 13.3 Å². The summed E-state index contributed by atoms with van der Waals surface area (Å²) >= 11 is 0. The first-order valence-corrected chi connectivity index (χ1v) is 3.08. The van der Waals surface area contributed by atoms with E-state index in [1.54, 1.807) is 10.9 Å². The maximum atomic E-state index is 3.75. The molecule has 0 saturated carbocycles. The summed E-state index contributed by atoms with van der Waals surface area (Å²) in [4.78, 5) is 3.75. The van der Waals surface area contributed by atoms with Gasteiger partial charge in [-0.15, -0.1) is 0 Å². The molecule has 0 saturated heterocycles. The third-order valence-corrected chi connectivity index (χ3v) is 0.988. The van der Waals surface area contributed by atoms with Gasteiger partial charge >= 0.3 is 0 Å². The molecule has 3 nitrogen and oxygen atoms in total. The van der Waals surface area contributed by atoms with E-state index in [1.165, 1.54) is 0 Å². The molecule has 0 atom stereocenters. The third kappa shape index (κ3) is 1.76. The van der Waals surface area contributed by atoms with Gasteiger partial charge in [0.25, 0.3) is 0 Å². The summed E-state index contributed by atoms with van der Waals surface area (Å²) in [5, 5.41) is 0. The van der Waals surface area contributed by atoms with Gasteiger partial charge in [0.15, 0.2) is 6.33 Å². The predicted molar refractivity (Wildman–Crippen MR) is 35.6 cm³/mol. The van der Waals surface area contributed by atoms with E-state index in [2.05, 4.69) is 23.7 Å². The molecule has 0 aromatic carbocycles. The first-order valence-electron chi connectivity index (χ1n) is 3.08. The number of nitrogens with one attached hydrogen (secondary N) is 1. The normalized spacial score (nSPS) is 9.44. The van der Waals surface area contributed by atoms with Gasteiger partial charge in [-0.1, -0.05) is 6.92 Å². The number of nitrogens with zero attached hydrogens (tertiary/aromatic N) is 2. The molecule has 49 valence electrons. The van der Waals surface area contributed by atoms with Gasteiger partial charge in [0.2, 0.25) is 0 Å². The Hall–Kier alpha value is -0.990. The zero-order valence-corrected chi connectivity index (χ0v) is 5.46. The average Bonchev–Trinajstić information content (AvgIpc) is 2.34. The molecule has 0 spiro atoms. The second kappa shape index (κ2) is 3.12. The quantitative estimate of drug-likeness (QED) is 0.640. The van der Waals surface area contributed by atoms with Crippen LogP contribution >= 0.6 is 0 Å². The Morgan fingerprint density at radius 2 is 2.67 bits per heavy atom. The van der Waals surface area contributed by atoms with Crippen molar-refractivity contribution >= 4 is 0 Å². The highest BCUT2D eigenvalue weighted by Crippen LogP contribution is 1.78. The molecule has 0 bridgehead atoms. The Labute approximate surface area is 54.7 Å². The van der Waals surface area contributed by atoms with Crippen LogP contribution in [0.25, 0.3) is 0 Å². The monoisotopic (exact) mass is 124 g/mol. The van der Waals surface area contributed by atoms with Crippen molar-refractivity contribution in [3.8, 4) is 0 Å². The fraction of sp³-hybridized carbons (Fsp3) is 0.500. The van der Waals surface area contributed by atoms with Crippen molar-refractivity contribution in [2.45, 2.75) is 13.3 Å². The molecule has 1 rings (SSSR count). The van der Waals surface area contributed by atoms with Crippen molar-refractivity contribution in [1.29, 1.82) is 0 Å². The topological polar surface area (TPSA) is 29.9 Å². The Bertz CT molecular complexity index is 145. The summed E-state index contributed by atoms with van der Waals surface area (Å²) in [6, 6.07) is 0. The molecule has 0 unspecified atom stereocenters. The number of aromatic nitrogens is 2. The molecule has 1 aromatic heterocycles. The van der Waals surface area contributed by atoms with Crippen molar-refractivity contribution in [2.75, 3.05) is 12.0 Å². The van der Waals surface area contributed by atoms with Gasteiger partial charge < -0.3 is 5.43 Å². The maximum Gasteiger partial charge on any atom is 0.196 e. The molecule has 1 N–H and O–H groups in total. The molecular weight excluding hydrogens is 114 g/mol. The molecule has 1 radical (unpaired) electrons. The molecule has 1 heterocycles. The maximum absolute atomic E-state index is 3.75. The summed E-state index contributed by atoms with van der Waals surface area (Å²) < 4.78 is 1.73. The largest absolute Gasteiger partial charge is 0.324 e. The van der Waals surface area contributed by atoms with Crippen LogP contribution < -0.4 is 5.43 Å². The van der Waals surface area contributed by atoms with E-state index in [1.807, 2.05) is 6.20 Å². The van der Waals surface area contributed by atoms with Crippen LogP contribution in [0.15, 0.2) is 12.4 Å². The van der Waals surface area contributed by atoms with Gasteiger partial charge in [-0.3, -0.25) is 0 Å². The average molecular weight is 124 g/mol. The van der Waals surface area contributed by atoms with Gasteiger partial charge in [0.05, 0.1) is 0 Å². The van der Waals surface area contributed by atoms with Gasteiger partial charge in [0, 0.05) is 18.9 Å². The SMILES string of the molecule is CCCNn1[c]ncc1. The predicted octanol–water partition coefficient (Wildman–Crippen LogP) is 0.637. The van der Waals surface area contributed by atoms with E-state index in [0.717, 1.165) is 13.0 Å². The van der Waals surface area contributed by atoms with Crippen LogP contribution in [0.4, 0.5) is 0 Å². The molecule has 0 amide bonds. The van der Waals surface area contributed by atoms with E-state index in [0.29, 0.717) is 0 Å². The summed E-state index contributed by atoms with van der Waals surface area (Å²) in [6.07, 6.45) is 7.37. The highest BCUT2D eigenvalue weighted by Gasteiger charge is 1.83. The molecule has 0 aliphatic rings. The highest BCUT2D eigenvalue weighted by molar-refractivity contribution is 4.77. The van der Waals surface area contributed by atoms with E-state index >= 15 is 0 Å². The van der Waals surface area contributed by atoms with Crippen LogP contribution in [-0.4, -0.2) is 16.2 Å². The van der Waals surface area contributed by atoms with Crippen molar-refractivity contribution in [1.82, 2.24) is 9.66 Å². The summed E-state index contributed by atoms with van der Waals surface area (Å²) in [5.74, 6) is 0. The minimum atomic E-state index is 0.965. The minimum Gasteiger partial charge on any atom is -0.324 e. The Balaban J connectivity index is 2.30. The Morgan fingerprint density at radius 3 is 3.22 bits per heavy atom. The van der Waals surface area contributed by atoms with E-state index in [9.17, 15) is 0 Å². The summed E-state index contributed by atoms with van der Waals surface area (Å²) in [6.45, 7) is 3.08. The Kier molecular flexibility index (Phi) is 2.13. The van der Waals surface area contributed by atoms with Gasteiger partial charge in [-0.2, -0.15) is 0 Å². The number of hydrogen-bond donors (Lipinski definition) is 1. The second-order valence-electron chi connectivity index (χ2n) is 1.81. The first kappa shape index (κ1) is 6.13. The van der Waals surface area contributed by atoms with Gasteiger partial charge in [-0.05, 0) is 6.42 Å². The smallest absolute Gasteiger partial charge is 0.196 e. The molecule has 1 aromatic rings. The van der Waals surface area contributed by atoms with Crippen molar-refractivity contribution in [3.05, 3.63) is 18.7 Å². The lowest BCUT2D eigenvalue weighted by Gasteiger charge is -2.01. The third-order valence-electron chi connectivity index (χ3n) is 0.988. The second-order valence-corrected chi connectivity index (χ2v) is 1.81. The summed E-state index contributed by atoms with van der Waals surface area (Å²) in [7, 11) is 0. The van der Waals surface area contributed by atoms with Crippen LogP contribution in [0, 0.1) is 6.33 Å². The number of imidazole rings is 1. The van der Waals surface area contributed by atoms with Crippen LogP contribution in [-0.2, 0) is 0 Å². The van der Waals surface area contributed by atoms with E-state index in [-0.39, 0.29) is 0 Å². The zero-order chi connectivity index (χ0) is 6.53. The fourth-order valence-electron chi connectivity index (χ4n) is 0.549. The lowest BCUT2D eigenvalue weighted by molar-refractivity contribution is 0.801. The zero-order valence-electron chi connectivity index (χ0n) is 5.46. The van der Waals surface area contributed by atoms with Gasteiger partial charge in [0.1, 0.15) is 0 Å². The Morgan fingerprint density at radius 1 is 1.78 bits per heavy atom. The minimum absolute atomic E-state index is 0.965. The standard InChI is InChI=1S/C6H10N3/c1-2-3-8-9-5-4-7-6-9/h4-5,8H,2-3H2,1H3. The summed E-state index contributed by atoms with van der Waals surface area (Å²) in [5.41, 5.74) is 3.07. The van der Waals surface area contributed by atoms with Gasteiger partial charge in [-0.25, -0.2) is 9.66 Å². The molecule has 0 fully saturated rings. The van der Waals surface area contributed by atoms with Crippen molar-refractivity contribution in [3.63, 3.8) is 0 Å². The van der Waals surface area contributed by atoms with Crippen LogP contribution in [0.3, 0.4) is 0 Å². The van der Waals surface area contributed by atoms with Crippen LogP contribution in [0.5, 0.6) is 0 Å².